The highest BCUT2D eigenvalue weighted by molar-refractivity contribution is 9.10. The SMILES string of the molecule is Brc1ccc2c(c1)N=C1C3CC4CC(C3)CC(C4)N1C2. The zero-order valence-electron chi connectivity index (χ0n) is 11.6. The molecule has 2 nitrogen and oxygen atoms in total. The molecule has 5 aliphatic rings. The van der Waals surface area contributed by atoms with E-state index in [0.717, 1.165) is 34.8 Å². The lowest BCUT2D eigenvalue weighted by molar-refractivity contribution is 0.128. The molecule has 4 fully saturated rings. The molecule has 3 aliphatic heterocycles. The van der Waals surface area contributed by atoms with Crippen LogP contribution in [-0.4, -0.2) is 16.8 Å². The van der Waals surface area contributed by atoms with Crippen molar-refractivity contribution in [2.45, 2.75) is 44.7 Å². The lowest BCUT2D eigenvalue weighted by atomic mass is 9.68. The zero-order chi connectivity index (χ0) is 13.3. The molecule has 1 aromatic rings. The Hall–Kier alpha value is -0.830. The molecule has 3 heteroatoms. The molecule has 2 unspecified atom stereocenters. The number of amidine groups is 1. The summed E-state index contributed by atoms with van der Waals surface area (Å²) in [4.78, 5) is 7.77. The predicted octanol–water partition coefficient (Wildman–Crippen LogP) is 4.50. The summed E-state index contributed by atoms with van der Waals surface area (Å²) in [6.45, 7) is 1.09. The lowest BCUT2D eigenvalue weighted by Crippen LogP contribution is -2.41. The average Bonchev–Trinajstić information content (AvgIpc) is 2.59. The highest BCUT2D eigenvalue weighted by atomic mass is 79.9. The van der Waals surface area contributed by atoms with Gasteiger partial charge in [-0.2, -0.15) is 0 Å². The maximum atomic E-state index is 5.10. The van der Waals surface area contributed by atoms with E-state index in [-0.39, 0.29) is 0 Å². The summed E-state index contributed by atoms with van der Waals surface area (Å²) in [5.41, 5.74) is 2.60. The number of rotatable bonds is 0. The fourth-order valence-corrected chi connectivity index (χ4v) is 5.50. The molecule has 2 atom stereocenters. The Morgan fingerprint density at radius 1 is 1.05 bits per heavy atom. The van der Waals surface area contributed by atoms with Crippen molar-refractivity contribution in [2.24, 2.45) is 22.7 Å². The number of halogens is 1. The van der Waals surface area contributed by atoms with E-state index < -0.39 is 0 Å². The summed E-state index contributed by atoms with van der Waals surface area (Å²) in [7, 11) is 0. The summed E-state index contributed by atoms with van der Waals surface area (Å²) < 4.78 is 1.15. The molecule has 0 N–H and O–H groups in total. The monoisotopic (exact) mass is 330 g/mol. The minimum atomic E-state index is 0.735. The molecule has 2 saturated heterocycles. The Morgan fingerprint density at radius 3 is 2.65 bits per heavy atom. The summed E-state index contributed by atoms with van der Waals surface area (Å²) in [6.07, 6.45) is 7.11. The van der Waals surface area contributed by atoms with Crippen molar-refractivity contribution < 1.29 is 0 Å². The molecule has 2 saturated carbocycles. The van der Waals surface area contributed by atoms with Crippen LogP contribution in [0.2, 0.25) is 0 Å². The first-order valence-corrected chi connectivity index (χ1v) is 8.69. The number of hydrogen-bond acceptors (Lipinski definition) is 2. The van der Waals surface area contributed by atoms with E-state index in [1.165, 1.54) is 49.2 Å². The second-order valence-electron chi connectivity index (χ2n) is 7.13. The van der Waals surface area contributed by atoms with Crippen LogP contribution in [-0.2, 0) is 6.54 Å². The highest BCUT2D eigenvalue weighted by Crippen LogP contribution is 2.50. The van der Waals surface area contributed by atoms with Gasteiger partial charge < -0.3 is 4.90 Å². The second-order valence-corrected chi connectivity index (χ2v) is 8.05. The number of benzene rings is 1. The molecule has 6 rings (SSSR count). The van der Waals surface area contributed by atoms with Crippen molar-refractivity contribution >= 4 is 27.5 Å². The Balaban J connectivity index is 1.64. The van der Waals surface area contributed by atoms with Crippen LogP contribution in [0.3, 0.4) is 0 Å². The standard InChI is InChI=1S/C17H19BrN2/c18-14-2-1-12-9-20-15-6-10-3-11(7-15)5-13(4-10)17(20)19-16(12)8-14/h1-2,8,10-11,13,15H,3-7,9H2. The van der Waals surface area contributed by atoms with Gasteiger partial charge in [0.1, 0.15) is 5.84 Å². The van der Waals surface area contributed by atoms with Crippen LogP contribution in [0.1, 0.15) is 37.7 Å². The van der Waals surface area contributed by atoms with Gasteiger partial charge in [0.15, 0.2) is 0 Å². The molecule has 1 aromatic carbocycles. The Bertz CT molecular complexity index is 595. The molecule has 3 heterocycles. The molecular formula is C17H19BrN2. The van der Waals surface area contributed by atoms with Gasteiger partial charge >= 0.3 is 0 Å². The summed E-state index contributed by atoms with van der Waals surface area (Å²) in [5.74, 6) is 4.10. The predicted molar refractivity (Wildman–Crippen MR) is 84.1 cm³/mol. The fraction of sp³-hybridized carbons (Fsp3) is 0.588. The van der Waals surface area contributed by atoms with Gasteiger partial charge in [0.25, 0.3) is 0 Å². The first-order valence-electron chi connectivity index (χ1n) is 7.90. The van der Waals surface area contributed by atoms with E-state index in [0.29, 0.717) is 0 Å². The molecule has 0 radical (unpaired) electrons. The van der Waals surface area contributed by atoms with Crippen LogP contribution >= 0.6 is 15.9 Å². The molecule has 4 bridgehead atoms. The Labute approximate surface area is 128 Å². The van der Waals surface area contributed by atoms with Crippen molar-refractivity contribution in [1.29, 1.82) is 0 Å². The average molecular weight is 331 g/mol. The molecule has 20 heavy (non-hydrogen) atoms. The van der Waals surface area contributed by atoms with E-state index in [1.54, 1.807) is 0 Å². The lowest BCUT2D eigenvalue weighted by Gasteiger charge is -2.39. The van der Waals surface area contributed by atoms with E-state index in [4.69, 9.17) is 4.99 Å². The highest BCUT2D eigenvalue weighted by Gasteiger charge is 2.46. The molecule has 0 aromatic heterocycles. The molecule has 0 amide bonds. The minimum absolute atomic E-state index is 0.735. The number of nitrogens with zero attached hydrogens (tertiary/aromatic N) is 2. The van der Waals surface area contributed by atoms with Crippen LogP contribution in [0, 0.1) is 17.8 Å². The summed E-state index contributed by atoms with van der Waals surface area (Å²) >= 11 is 3.58. The van der Waals surface area contributed by atoms with Crippen LogP contribution in [0.5, 0.6) is 0 Å². The number of aliphatic imine (C=N–C) groups is 1. The van der Waals surface area contributed by atoms with Gasteiger partial charge in [0.05, 0.1) is 5.69 Å². The normalized spacial score (nSPS) is 37.2. The third-order valence-electron chi connectivity index (χ3n) is 5.84. The van der Waals surface area contributed by atoms with Crippen molar-refractivity contribution in [3.63, 3.8) is 0 Å². The van der Waals surface area contributed by atoms with Crippen LogP contribution in [0.4, 0.5) is 5.69 Å². The number of hydrogen-bond donors (Lipinski definition) is 0. The molecule has 0 spiro atoms. The smallest absolute Gasteiger partial charge is 0.108 e. The van der Waals surface area contributed by atoms with Crippen molar-refractivity contribution in [3.8, 4) is 0 Å². The Kier molecular flexibility index (Phi) is 2.41. The summed E-state index contributed by atoms with van der Waals surface area (Å²) in [6, 6.07) is 7.35. The summed E-state index contributed by atoms with van der Waals surface area (Å²) in [5, 5.41) is 0. The minimum Gasteiger partial charge on any atom is -0.352 e. The van der Waals surface area contributed by atoms with Crippen molar-refractivity contribution in [1.82, 2.24) is 4.90 Å². The van der Waals surface area contributed by atoms with E-state index in [1.807, 2.05) is 0 Å². The van der Waals surface area contributed by atoms with Crippen molar-refractivity contribution in [3.05, 3.63) is 28.2 Å². The van der Waals surface area contributed by atoms with Gasteiger partial charge in [-0.15, -0.1) is 0 Å². The van der Waals surface area contributed by atoms with Gasteiger partial charge in [-0.25, -0.2) is 4.99 Å². The van der Waals surface area contributed by atoms with E-state index in [9.17, 15) is 0 Å². The van der Waals surface area contributed by atoms with Crippen molar-refractivity contribution in [2.75, 3.05) is 0 Å². The quantitative estimate of drug-likeness (QED) is 0.683. The maximum Gasteiger partial charge on any atom is 0.108 e. The van der Waals surface area contributed by atoms with Crippen LogP contribution in [0.25, 0.3) is 0 Å². The Morgan fingerprint density at radius 2 is 1.85 bits per heavy atom. The first kappa shape index (κ1) is 11.8. The second kappa shape index (κ2) is 4.09. The molecule has 104 valence electrons. The van der Waals surface area contributed by atoms with Gasteiger partial charge in [-0.3, -0.25) is 0 Å². The maximum absolute atomic E-state index is 5.10. The van der Waals surface area contributed by atoms with Gasteiger partial charge in [-0.05, 0) is 61.6 Å². The van der Waals surface area contributed by atoms with E-state index >= 15 is 0 Å². The van der Waals surface area contributed by atoms with Gasteiger partial charge in [0, 0.05) is 23.0 Å². The van der Waals surface area contributed by atoms with Crippen LogP contribution < -0.4 is 0 Å². The van der Waals surface area contributed by atoms with Gasteiger partial charge in [0.2, 0.25) is 0 Å². The van der Waals surface area contributed by atoms with E-state index in [2.05, 4.69) is 39.0 Å². The first-order chi connectivity index (χ1) is 9.76. The topological polar surface area (TPSA) is 15.6 Å². The molecular weight excluding hydrogens is 312 g/mol. The molecule has 2 aliphatic carbocycles. The third-order valence-corrected chi connectivity index (χ3v) is 6.33. The zero-order valence-corrected chi connectivity index (χ0v) is 13.1. The largest absolute Gasteiger partial charge is 0.352 e. The third kappa shape index (κ3) is 1.65. The van der Waals surface area contributed by atoms with Gasteiger partial charge in [-0.1, -0.05) is 22.0 Å². The number of fused-ring (bicyclic) bond motifs is 1. The van der Waals surface area contributed by atoms with Crippen LogP contribution in [0.15, 0.2) is 27.7 Å². The fourth-order valence-electron chi connectivity index (χ4n) is 5.15.